The Kier molecular flexibility index (Phi) is 3.07. The van der Waals surface area contributed by atoms with Crippen molar-refractivity contribution in [3.8, 4) is 0 Å². The molecule has 5 rings (SSSR count). The van der Waals surface area contributed by atoms with Crippen LogP contribution in [0.4, 0.5) is 5.69 Å². The van der Waals surface area contributed by atoms with Crippen LogP contribution < -0.4 is 25.6 Å². The van der Waals surface area contributed by atoms with Gasteiger partial charge in [-0.1, -0.05) is 29.5 Å². The van der Waals surface area contributed by atoms with Crippen LogP contribution in [0.5, 0.6) is 0 Å². The first kappa shape index (κ1) is 15.5. The van der Waals surface area contributed by atoms with Crippen molar-refractivity contribution in [1.29, 1.82) is 0 Å². The maximum atomic E-state index is 13.0. The second-order valence-corrected chi connectivity index (χ2v) is 7.69. The zero-order chi connectivity index (χ0) is 18.2. The number of fused-ring (bicyclic) bond motifs is 3. The van der Waals surface area contributed by atoms with E-state index >= 15 is 0 Å². The molecule has 3 aliphatic rings. The van der Waals surface area contributed by atoms with Gasteiger partial charge in [-0.15, -0.1) is 0 Å². The lowest BCUT2D eigenvalue weighted by molar-refractivity contribution is -0.110. The van der Waals surface area contributed by atoms with Gasteiger partial charge < -0.3 is 15.1 Å². The molecule has 0 aliphatic carbocycles. The molecule has 26 heavy (non-hydrogen) atoms. The SMILES string of the molecule is CN1C(=S)N(C)C2Nn3c(s/c(=C4\C(=O)Nc5ccccc54)c3=O)=NC21. The van der Waals surface area contributed by atoms with Crippen molar-refractivity contribution in [2.24, 2.45) is 4.99 Å². The largest absolute Gasteiger partial charge is 0.327 e. The third kappa shape index (κ3) is 1.88. The molecular weight excluding hydrogens is 372 g/mol. The summed E-state index contributed by atoms with van der Waals surface area (Å²) in [6.07, 6.45) is -0.442. The van der Waals surface area contributed by atoms with Gasteiger partial charge in [-0.2, -0.15) is 4.68 Å². The highest BCUT2D eigenvalue weighted by Crippen LogP contribution is 2.29. The van der Waals surface area contributed by atoms with Crippen molar-refractivity contribution in [1.82, 2.24) is 14.5 Å². The van der Waals surface area contributed by atoms with Crippen LogP contribution in [-0.2, 0) is 4.79 Å². The van der Waals surface area contributed by atoms with Gasteiger partial charge in [-0.3, -0.25) is 15.0 Å². The summed E-state index contributed by atoms with van der Waals surface area (Å²) in [6.45, 7) is 0. The first-order valence-corrected chi connectivity index (χ1v) is 9.21. The molecule has 10 heteroatoms. The van der Waals surface area contributed by atoms with E-state index in [0.717, 1.165) is 11.3 Å². The molecule has 1 amide bonds. The highest BCUT2D eigenvalue weighted by Gasteiger charge is 2.42. The molecule has 0 bridgehead atoms. The standard InChI is InChI=1S/C16H14N6O2S2/c1-20-11-12(21(2)16(20)25)19-22-14(24)10(26-15(22)18-11)9-7-5-3-4-6-8(7)17-13(9)23/h3-6,11-12,19H,1-2H3,(H,17,23)/b10-9-. The number of carbonyl (C=O) groups excluding carboxylic acids is 1. The summed E-state index contributed by atoms with van der Waals surface area (Å²) in [4.78, 5) is 34.5. The van der Waals surface area contributed by atoms with Gasteiger partial charge in [0.1, 0.15) is 4.53 Å². The van der Waals surface area contributed by atoms with Crippen molar-refractivity contribution < 1.29 is 4.79 Å². The Morgan fingerprint density at radius 3 is 2.77 bits per heavy atom. The van der Waals surface area contributed by atoms with Crippen molar-refractivity contribution in [3.05, 3.63) is 49.5 Å². The Morgan fingerprint density at radius 2 is 1.96 bits per heavy atom. The van der Waals surface area contributed by atoms with Crippen LogP contribution in [0, 0.1) is 0 Å². The number of thiocarbonyl (C=S) groups is 1. The molecule has 4 heterocycles. The molecule has 1 aromatic carbocycles. The number of likely N-dealkylation sites (N-methyl/N-ethyl adjacent to an activating group) is 2. The lowest BCUT2D eigenvalue weighted by atomic mass is 10.1. The zero-order valence-electron chi connectivity index (χ0n) is 13.9. The number of hydrogen-bond donors (Lipinski definition) is 2. The summed E-state index contributed by atoms with van der Waals surface area (Å²) >= 11 is 6.59. The van der Waals surface area contributed by atoms with E-state index in [9.17, 15) is 9.59 Å². The monoisotopic (exact) mass is 386 g/mol. The predicted molar refractivity (Wildman–Crippen MR) is 102 cm³/mol. The minimum absolute atomic E-state index is 0.215. The van der Waals surface area contributed by atoms with E-state index in [-0.39, 0.29) is 23.8 Å². The van der Waals surface area contributed by atoms with E-state index in [0.29, 0.717) is 20.0 Å². The smallest absolute Gasteiger partial charge is 0.289 e. The number of amides is 1. The summed E-state index contributed by atoms with van der Waals surface area (Å²) in [5, 5.41) is 3.48. The van der Waals surface area contributed by atoms with Crippen molar-refractivity contribution in [2.45, 2.75) is 12.3 Å². The minimum atomic E-state index is -0.275. The van der Waals surface area contributed by atoms with Gasteiger partial charge in [0.15, 0.2) is 17.4 Å². The molecule has 0 spiro atoms. The van der Waals surface area contributed by atoms with E-state index in [1.807, 2.05) is 48.2 Å². The fourth-order valence-corrected chi connectivity index (χ4v) is 4.79. The van der Waals surface area contributed by atoms with Gasteiger partial charge in [-0.05, 0) is 18.3 Å². The van der Waals surface area contributed by atoms with Gasteiger partial charge >= 0.3 is 0 Å². The third-order valence-corrected chi connectivity index (χ3v) is 6.51. The topological polar surface area (TPSA) is 82.0 Å². The van der Waals surface area contributed by atoms with Crippen LogP contribution in [0.25, 0.3) is 5.57 Å². The molecule has 132 valence electrons. The molecule has 1 saturated heterocycles. The van der Waals surface area contributed by atoms with Crippen LogP contribution >= 0.6 is 23.6 Å². The molecule has 2 aromatic rings. The van der Waals surface area contributed by atoms with Gasteiger partial charge in [0.05, 0.1) is 5.57 Å². The van der Waals surface area contributed by atoms with Gasteiger partial charge in [-0.25, -0.2) is 4.99 Å². The van der Waals surface area contributed by atoms with E-state index in [4.69, 9.17) is 17.2 Å². The first-order valence-electron chi connectivity index (χ1n) is 7.98. The molecule has 1 aromatic heterocycles. The molecule has 2 atom stereocenters. The van der Waals surface area contributed by atoms with Gasteiger partial charge in [0.2, 0.25) is 4.80 Å². The summed E-state index contributed by atoms with van der Waals surface area (Å²) in [7, 11) is 3.75. The second-order valence-electron chi connectivity index (χ2n) is 6.35. The molecule has 0 radical (unpaired) electrons. The third-order valence-electron chi connectivity index (χ3n) is 4.88. The van der Waals surface area contributed by atoms with Crippen LogP contribution in [-0.4, -0.2) is 51.9 Å². The summed E-state index contributed by atoms with van der Waals surface area (Å²) in [6, 6.07) is 7.36. The highest BCUT2D eigenvalue weighted by atomic mass is 32.1. The number of rotatable bonds is 0. The van der Waals surface area contributed by atoms with E-state index in [2.05, 4.69) is 10.7 Å². The predicted octanol–water partition coefficient (Wildman–Crippen LogP) is -0.948. The molecule has 1 fully saturated rings. The fourth-order valence-electron chi connectivity index (χ4n) is 3.52. The normalized spacial score (nSPS) is 25.3. The average Bonchev–Trinajstić information content (AvgIpc) is 3.20. The first-order chi connectivity index (χ1) is 12.5. The second kappa shape index (κ2) is 5.15. The molecule has 2 unspecified atom stereocenters. The zero-order valence-corrected chi connectivity index (χ0v) is 15.5. The quantitative estimate of drug-likeness (QED) is 0.569. The highest BCUT2D eigenvalue weighted by molar-refractivity contribution is 7.80. The Hall–Kier alpha value is -2.72. The number of anilines is 1. The number of carbonyl (C=O) groups is 1. The number of thiazole rings is 1. The van der Waals surface area contributed by atoms with Crippen LogP contribution in [0.1, 0.15) is 5.56 Å². The summed E-state index contributed by atoms with van der Waals surface area (Å²) in [5.74, 6) is -0.266. The lowest BCUT2D eigenvalue weighted by Gasteiger charge is -2.27. The maximum absolute atomic E-state index is 13.0. The van der Waals surface area contributed by atoms with E-state index in [1.165, 1.54) is 16.0 Å². The van der Waals surface area contributed by atoms with E-state index < -0.39 is 0 Å². The minimum Gasteiger partial charge on any atom is -0.327 e. The average molecular weight is 386 g/mol. The number of para-hydroxylation sites is 1. The Labute approximate surface area is 157 Å². The van der Waals surface area contributed by atoms with Crippen LogP contribution in [0.3, 0.4) is 0 Å². The summed E-state index contributed by atoms with van der Waals surface area (Å²) in [5.41, 5.74) is 4.78. The molecule has 3 aliphatic heterocycles. The van der Waals surface area contributed by atoms with Gasteiger partial charge in [0, 0.05) is 25.3 Å². The number of benzene rings is 1. The van der Waals surface area contributed by atoms with Crippen LogP contribution in [0.15, 0.2) is 34.1 Å². The Bertz CT molecular complexity index is 1170. The molecular formula is C16H14N6O2S2. The van der Waals surface area contributed by atoms with Crippen molar-refractivity contribution in [2.75, 3.05) is 24.8 Å². The Balaban J connectivity index is 1.76. The van der Waals surface area contributed by atoms with Crippen molar-refractivity contribution in [3.63, 3.8) is 0 Å². The van der Waals surface area contributed by atoms with Crippen molar-refractivity contribution >= 4 is 45.8 Å². The molecule has 8 nitrogen and oxygen atoms in total. The lowest BCUT2D eigenvalue weighted by Crippen LogP contribution is -2.54. The summed E-state index contributed by atoms with van der Waals surface area (Å²) < 4.78 is 1.80. The number of hydrogen-bond acceptors (Lipinski definition) is 6. The van der Waals surface area contributed by atoms with Gasteiger partial charge in [0.25, 0.3) is 11.5 Å². The van der Waals surface area contributed by atoms with Crippen LogP contribution in [0.2, 0.25) is 0 Å². The Morgan fingerprint density at radius 1 is 1.19 bits per heavy atom. The van der Waals surface area contributed by atoms with E-state index in [1.54, 1.807) is 0 Å². The molecule has 0 saturated carbocycles. The number of aromatic nitrogens is 1. The number of nitrogens with zero attached hydrogens (tertiary/aromatic N) is 4. The maximum Gasteiger partial charge on any atom is 0.289 e. The number of nitrogens with one attached hydrogen (secondary N) is 2. The molecule has 2 N–H and O–H groups in total. The fraction of sp³-hybridized carbons (Fsp3) is 0.250.